The average molecular weight is 164 g/mol. The maximum atomic E-state index is 6.12. The fraction of sp³-hybridized carbons (Fsp3) is 0.600. The van der Waals surface area contributed by atoms with Crippen LogP contribution in [0.15, 0.2) is 18.5 Å². The van der Waals surface area contributed by atoms with Crippen LogP contribution in [-0.2, 0) is 0 Å². The number of hydrogen-bond donors (Lipinski definition) is 2. The highest BCUT2D eigenvalue weighted by Crippen LogP contribution is 2.33. The molecule has 3 N–H and O–H groups in total. The minimum absolute atomic E-state index is 0.263. The number of hydrogen-bond acceptors (Lipinski definition) is 1. The van der Waals surface area contributed by atoms with Gasteiger partial charge in [0.1, 0.15) is 0 Å². The van der Waals surface area contributed by atoms with Crippen LogP contribution in [0.4, 0.5) is 0 Å². The van der Waals surface area contributed by atoms with Crippen LogP contribution in [0.5, 0.6) is 0 Å². The number of aromatic amines is 1. The lowest BCUT2D eigenvalue weighted by molar-refractivity contribution is 0.445. The van der Waals surface area contributed by atoms with E-state index in [-0.39, 0.29) is 6.04 Å². The van der Waals surface area contributed by atoms with Gasteiger partial charge in [0, 0.05) is 18.4 Å². The lowest BCUT2D eigenvalue weighted by Gasteiger charge is -2.17. The van der Waals surface area contributed by atoms with Crippen LogP contribution in [0.25, 0.3) is 0 Å². The standard InChI is InChI=1S/C10H16N2/c11-10(8-3-1-2-4-8)9-5-6-12-7-9/h5-8,10,12H,1-4,11H2/t10-/m1/s1. The lowest BCUT2D eigenvalue weighted by atomic mass is 9.94. The van der Waals surface area contributed by atoms with Gasteiger partial charge in [-0.25, -0.2) is 0 Å². The van der Waals surface area contributed by atoms with Crippen molar-refractivity contribution in [3.8, 4) is 0 Å². The Balaban J connectivity index is 2.04. The summed E-state index contributed by atoms with van der Waals surface area (Å²) >= 11 is 0. The molecule has 0 spiro atoms. The zero-order valence-corrected chi connectivity index (χ0v) is 7.29. The minimum Gasteiger partial charge on any atom is -0.367 e. The first-order chi connectivity index (χ1) is 5.88. The first kappa shape index (κ1) is 7.87. The summed E-state index contributed by atoms with van der Waals surface area (Å²) < 4.78 is 0. The molecule has 1 aromatic rings. The summed E-state index contributed by atoms with van der Waals surface area (Å²) in [5.41, 5.74) is 7.39. The third-order valence-corrected chi connectivity index (χ3v) is 2.91. The topological polar surface area (TPSA) is 41.8 Å². The molecule has 1 aliphatic carbocycles. The van der Waals surface area contributed by atoms with Crippen LogP contribution in [0.2, 0.25) is 0 Å². The predicted molar refractivity (Wildman–Crippen MR) is 49.7 cm³/mol. The summed E-state index contributed by atoms with van der Waals surface area (Å²) in [4.78, 5) is 3.05. The van der Waals surface area contributed by atoms with Crippen molar-refractivity contribution in [2.75, 3.05) is 0 Å². The van der Waals surface area contributed by atoms with E-state index < -0.39 is 0 Å². The van der Waals surface area contributed by atoms with Crippen molar-refractivity contribution in [3.05, 3.63) is 24.0 Å². The molecule has 66 valence electrons. The zero-order valence-electron chi connectivity index (χ0n) is 7.29. The summed E-state index contributed by atoms with van der Waals surface area (Å²) in [5, 5.41) is 0. The Labute approximate surface area is 73.2 Å². The summed E-state index contributed by atoms with van der Waals surface area (Å²) in [7, 11) is 0. The van der Waals surface area contributed by atoms with Gasteiger partial charge in [0.25, 0.3) is 0 Å². The molecule has 0 amide bonds. The van der Waals surface area contributed by atoms with E-state index in [0.29, 0.717) is 0 Å². The molecule has 0 aliphatic heterocycles. The predicted octanol–water partition coefficient (Wildman–Crippen LogP) is 2.20. The number of H-pyrrole nitrogens is 1. The van der Waals surface area contributed by atoms with Crippen molar-refractivity contribution < 1.29 is 0 Å². The third-order valence-electron chi connectivity index (χ3n) is 2.91. The quantitative estimate of drug-likeness (QED) is 0.691. The fourth-order valence-electron chi connectivity index (χ4n) is 2.13. The van der Waals surface area contributed by atoms with Gasteiger partial charge >= 0.3 is 0 Å². The first-order valence-corrected chi connectivity index (χ1v) is 4.76. The van der Waals surface area contributed by atoms with E-state index in [2.05, 4.69) is 11.1 Å². The molecule has 0 unspecified atom stereocenters. The van der Waals surface area contributed by atoms with Gasteiger partial charge in [0.15, 0.2) is 0 Å². The second-order valence-corrected chi connectivity index (χ2v) is 3.71. The molecule has 1 saturated carbocycles. The first-order valence-electron chi connectivity index (χ1n) is 4.76. The minimum atomic E-state index is 0.263. The Morgan fingerprint density at radius 1 is 1.42 bits per heavy atom. The van der Waals surface area contributed by atoms with E-state index in [0.717, 1.165) is 5.92 Å². The van der Waals surface area contributed by atoms with Crippen LogP contribution in [0.1, 0.15) is 37.3 Å². The van der Waals surface area contributed by atoms with E-state index in [1.165, 1.54) is 31.2 Å². The second-order valence-electron chi connectivity index (χ2n) is 3.71. The maximum Gasteiger partial charge on any atom is 0.0338 e. The molecule has 1 atom stereocenters. The van der Waals surface area contributed by atoms with Crippen molar-refractivity contribution in [2.24, 2.45) is 11.7 Å². The Morgan fingerprint density at radius 2 is 2.17 bits per heavy atom. The molecule has 2 nitrogen and oxygen atoms in total. The highest BCUT2D eigenvalue weighted by Gasteiger charge is 2.22. The zero-order chi connectivity index (χ0) is 8.39. The molecule has 1 aromatic heterocycles. The monoisotopic (exact) mass is 164 g/mol. The van der Waals surface area contributed by atoms with Crippen LogP contribution >= 0.6 is 0 Å². The lowest BCUT2D eigenvalue weighted by Crippen LogP contribution is -2.18. The van der Waals surface area contributed by atoms with Gasteiger partial charge in [0.05, 0.1) is 0 Å². The van der Waals surface area contributed by atoms with Crippen LogP contribution in [-0.4, -0.2) is 4.98 Å². The number of aromatic nitrogens is 1. The van der Waals surface area contributed by atoms with Gasteiger partial charge in [-0.2, -0.15) is 0 Å². The molecule has 0 radical (unpaired) electrons. The SMILES string of the molecule is N[C@@H](c1cc[nH]c1)C1CCCC1. The summed E-state index contributed by atoms with van der Waals surface area (Å²) in [6.45, 7) is 0. The molecular formula is C10H16N2. The van der Waals surface area contributed by atoms with Gasteiger partial charge < -0.3 is 10.7 Å². The summed E-state index contributed by atoms with van der Waals surface area (Å²) in [5.74, 6) is 0.723. The fourth-order valence-corrected chi connectivity index (χ4v) is 2.13. The van der Waals surface area contributed by atoms with Gasteiger partial charge in [-0.3, -0.25) is 0 Å². The smallest absolute Gasteiger partial charge is 0.0338 e. The number of nitrogens with two attached hydrogens (primary N) is 1. The van der Waals surface area contributed by atoms with Crippen molar-refractivity contribution in [1.82, 2.24) is 4.98 Å². The van der Waals surface area contributed by atoms with Crippen molar-refractivity contribution in [2.45, 2.75) is 31.7 Å². The molecule has 0 aromatic carbocycles. The van der Waals surface area contributed by atoms with Crippen molar-refractivity contribution in [3.63, 3.8) is 0 Å². The molecule has 1 heterocycles. The third kappa shape index (κ3) is 1.39. The second kappa shape index (κ2) is 3.31. The van der Waals surface area contributed by atoms with E-state index in [9.17, 15) is 0 Å². The normalized spacial score (nSPS) is 21.4. The number of rotatable bonds is 2. The number of nitrogens with one attached hydrogen (secondary N) is 1. The van der Waals surface area contributed by atoms with Gasteiger partial charge in [-0.1, -0.05) is 12.8 Å². The largest absolute Gasteiger partial charge is 0.367 e. The van der Waals surface area contributed by atoms with E-state index in [1.54, 1.807) is 0 Å². The molecule has 2 rings (SSSR count). The van der Waals surface area contributed by atoms with Crippen LogP contribution in [0.3, 0.4) is 0 Å². The summed E-state index contributed by atoms with van der Waals surface area (Å²) in [6, 6.07) is 2.35. The molecule has 0 saturated heterocycles. The molecular weight excluding hydrogens is 148 g/mol. The van der Waals surface area contributed by atoms with Crippen LogP contribution < -0.4 is 5.73 Å². The maximum absolute atomic E-state index is 6.12. The van der Waals surface area contributed by atoms with Crippen molar-refractivity contribution >= 4 is 0 Å². The van der Waals surface area contributed by atoms with E-state index in [1.807, 2.05) is 12.4 Å². The average Bonchev–Trinajstić information content (AvgIpc) is 2.77. The highest BCUT2D eigenvalue weighted by molar-refractivity contribution is 5.14. The summed E-state index contributed by atoms with van der Waals surface area (Å²) in [6.07, 6.45) is 9.32. The van der Waals surface area contributed by atoms with Crippen LogP contribution in [0, 0.1) is 5.92 Å². The Morgan fingerprint density at radius 3 is 2.75 bits per heavy atom. The van der Waals surface area contributed by atoms with E-state index in [4.69, 9.17) is 5.73 Å². The Bertz CT molecular complexity index is 222. The highest BCUT2D eigenvalue weighted by atomic mass is 14.7. The molecule has 1 fully saturated rings. The van der Waals surface area contributed by atoms with E-state index >= 15 is 0 Å². The molecule has 12 heavy (non-hydrogen) atoms. The Kier molecular flexibility index (Phi) is 2.17. The van der Waals surface area contributed by atoms with Gasteiger partial charge in [0.2, 0.25) is 0 Å². The molecule has 2 heteroatoms. The molecule has 0 bridgehead atoms. The van der Waals surface area contributed by atoms with Gasteiger partial charge in [-0.15, -0.1) is 0 Å². The van der Waals surface area contributed by atoms with Crippen molar-refractivity contribution in [1.29, 1.82) is 0 Å². The Hall–Kier alpha value is -0.760. The molecule has 1 aliphatic rings. The van der Waals surface area contributed by atoms with Gasteiger partial charge in [-0.05, 0) is 30.4 Å².